The van der Waals surface area contributed by atoms with Crippen LogP contribution in [0.1, 0.15) is 12.8 Å². The van der Waals surface area contributed by atoms with E-state index in [0.717, 1.165) is 12.8 Å². The lowest BCUT2D eigenvalue weighted by Gasteiger charge is -2.30. The molecule has 4 nitrogen and oxygen atoms in total. The summed E-state index contributed by atoms with van der Waals surface area (Å²) < 4.78 is 5.05. The SMILES string of the molecule is NCC1CCC(N)C(O)O1. The lowest BCUT2D eigenvalue weighted by Crippen LogP contribution is -2.46. The van der Waals surface area contributed by atoms with E-state index in [-0.39, 0.29) is 12.1 Å². The molecule has 1 aliphatic rings. The van der Waals surface area contributed by atoms with Gasteiger partial charge in [0.1, 0.15) is 0 Å². The van der Waals surface area contributed by atoms with Gasteiger partial charge in [-0.15, -0.1) is 0 Å². The highest BCUT2D eigenvalue weighted by Crippen LogP contribution is 2.15. The van der Waals surface area contributed by atoms with Gasteiger partial charge in [0.15, 0.2) is 6.29 Å². The normalized spacial score (nSPS) is 41.7. The van der Waals surface area contributed by atoms with Crippen molar-refractivity contribution in [2.24, 2.45) is 11.5 Å². The second-order valence-electron chi connectivity index (χ2n) is 2.63. The molecule has 1 fully saturated rings. The summed E-state index contributed by atoms with van der Waals surface area (Å²) in [5.41, 5.74) is 10.8. The van der Waals surface area contributed by atoms with Crippen LogP contribution >= 0.6 is 0 Å². The van der Waals surface area contributed by atoms with Gasteiger partial charge in [0.25, 0.3) is 0 Å². The van der Waals surface area contributed by atoms with E-state index in [2.05, 4.69) is 0 Å². The molecule has 10 heavy (non-hydrogen) atoms. The molecule has 3 unspecified atom stereocenters. The number of aliphatic hydroxyl groups excluding tert-OH is 1. The summed E-state index contributed by atoms with van der Waals surface area (Å²) in [6.07, 6.45) is 0.828. The Kier molecular flexibility index (Phi) is 2.62. The van der Waals surface area contributed by atoms with Crippen molar-refractivity contribution in [3.63, 3.8) is 0 Å². The highest BCUT2D eigenvalue weighted by atomic mass is 16.6. The summed E-state index contributed by atoms with van der Waals surface area (Å²) in [4.78, 5) is 0. The Bertz CT molecular complexity index is 110. The van der Waals surface area contributed by atoms with E-state index < -0.39 is 6.29 Å². The minimum atomic E-state index is -0.817. The molecule has 3 atom stereocenters. The third kappa shape index (κ3) is 1.67. The maximum Gasteiger partial charge on any atom is 0.170 e. The van der Waals surface area contributed by atoms with Crippen LogP contribution in [0.25, 0.3) is 0 Å². The lowest BCUT2D eigenvalue weighted by molar-refractivity contribution is -0.169. The van der Waals surface area contributed by atoms with E-state index in [1.54, 1.807) is 0 Å². The zero-order valence-electron chi connectivity index (χ0n) is 5.86. The Labute approximate surface area is 60.1 Å². The third-order valence-corrected chi connectivity index (χ3v) is 1.78. The average molecular weight is 146 g/mol. The smallest absolute Gasteiger partial charge is 0.170 e. The molecule has 0 bridgehead atoms. The zero-order chi connectivity index (χ0) is 7.56. The summed E-state index contributed by atoms with van der Waals surface area (Å²) in [5.74, 6) is 0. The van der Waals surface area contributed by atoms with Gasteiger partial charge < -0.3 is 21.3 Å². The number of nitrogens with two attached hydrogens (primary N) is 2. The summed E-state index contributed by atoms with van der Waals surface area (Å²) >= 11 is 0. The Morgan fingerprint density at radius 3 is 2.70 bits per heavy atom. The number of aliphatic hydroxyl groups is 1. The number of ether oxygens (including phenoxy) is 1. The monoisotopic (exact) mass is 146 g/mol. The molecule has 1 saturated heterocycles. The molecule has 5 N–H and O–H groups in total. The van der Waals surface area contributed by atoms with Crippen LogP contribution in [0.15, 0.2) is 0 Å². The first kappa shape index (κ1) is 7.94. The van der Waals surface area contributed by atoms with Gasteiger partial charge in [-0.3, -0.25) is 0 Å². The third-order valence-electron chi connectivity index (χ3n) is 1.78. The quantitative estimate of drug-likeness (QED) is 0.432. The number of rotatable bonds is 1. The first-order valence-electron chi connectivity index (χ1n) is 3.53. The minimum absolute atomic E-state index is 0.00481. The van der Waals surface area contributed by atoms with E-state index >= 15 is 0 Å². The van der Waals surface area contributed by atoms with Crippen molar-refractivity contribution >= 4 is 0 Å². The first-order chi connectivity index (χ1) is 4.74. The predicted molar refractivity (Wildman–Crippen MR) is 37.1 cm³/mol. The standard InChI is InChI=1S/C6H14N2O2/c7-3-4-1-2-5(8)6(9)10-4/h4-6,9H,1-3,7-8H2. The van der Waals surface area contributed by atoms with Crippen molar-refractivity contribution in [3.8, 4) is 0 Å². The average Bonchev–Trinajstić information content (AvgIpc) is 1.95. The zero-order valence-corrected chi connectivity index (χ0v) is 5.86. The van der Waals surface area contributed by atoms with Crippen LogP contribution in [0.4, 0.5) is 0 Å². The van der Waals surface area contributed by atoms with Gasteiger partial charge in [0.05, 0.1) is 12.1 Å². The maximum absolute atomic E-state index is 9.08. The van der Waals surface area contributed by atoms with E-state index in [4.69, 9.17) is 21.3 Å². The van der Waals surface area contributed by atoms with E-state index in [9.17, 15) is 0 Å². The predicted octanol–water partition coefficient (Wildman–Crippen LogP) is -1.23. The van der Waals surface area contributed by atoms with Crippen LogP contribution < -0.4 is 11.5 Å². The number of hydrogen-bond acceptors (Lipinski definition) is 4. The molecule has 0 aromatic carbocycles. The topological polar surface area (TPSA) is 81.5 Å². The largest absolute Gasteiger partial charge is 0.367 e. The Balaban J connectivity index is 2.33. The molecule has 0 amide bonds. The van der Waals surface area contributed by atoms with Crippen molar-refractivity contribution in [1.29, 1.82) is 0 Å². The highest BCUT2D eigenvalue weighted by Gasteiger charge is 2.25. The molecule has 0 aromatic rings. The fraction of sp³-hybridized carbons (Fsp3) is 1.00. The molecule has 0 radical (unpaired) electrons. The van der Waals surface area contributed by atoms with Gasteiger partial charge in [-0.2, -0.15) is 0 Å². The molecule has 1 rings (SSSR count). The van der Waals surface area contributed by atoms with Gasteiger partial charge in [-0.05, 0) is 12.8 Å². The molecule has 1 heterocycles. The van der Waals surface area contributed by atoms with Crippen LogP contribution in [0, 0.1) is 0 Å². The van der Waals surface area contributed by atoms with Crippen LogP contribution in [0.3, 0.4) is 0 Å². The van der Waals surface area contributed by atoms with Gasteiger partial charge in [-0.25, -0.2) is 0 Å². The van der Waals surface area contributed by atoms with Crippen LogP contribution in [0.5, 0.6) is 0 Å². The van der Waals surface area contributed by atoms with Crippen LogP contribution in [-0.4, -0.2) is 30.1 Å². The molecule has 0 spiro atoms. The van der Waals surface area contributed by atoms with Crippen molar-refractivity contribution in [3.05, 3.63) is 0 Å². The van der Waals surface area contributed by atoms with Gasteiger partial charge >= 0.3 is 0 Å². The van der Waals surface area contributed by atoms with Gasteiger partial charge in [-0.1, -0.05) is 0 Å². The molecule has 4 heteroatoms. The van der Waals surface area contributed by atoms with Crippen LogP contribution in [0.2, 0.25) is 0 Å². The van der Waals surface area contributed by atoms with Crippen LogP contribution in [-0.2, 0) is 4.74 Å². The molecule has 0 aliphatic carbocycles. The van der Waals surface area contributed by atoms with Gasteiger partial charge in [0.2, 0.25) is 0 Å². The molecule has 0 aromatic heterocycles. The summed E-state index contributed by atoms with van der Waals surface area (Å²) in [5, 5.41) is 9.08. The first-order valence-corrected chi connectivity index (χ1v) is 3.53. The Hall–Kier alpha value is -0.160. The molecule has 60 valence electrons. The molecule has 0 saturated carbocycles. The van der Waals surface area contributed by atoms with Crippen molar-refractivity contribution in [1.82, 2.24) is 0 Å². The second-order valence-corrected chi connectivity index (χ2v) is 2.63. The van der Waals surface area contributed by atoms with E-state index in [0.29, 0.717) is 6.54 Å². The van der Waals surface area contributed by atoms with Gasteiger partial charge in [0, 0.05) is 6.54 Å². The fourth-order valence-electron chi connectivity index (χ4n) is 1.06. The number of hydrogen-bond donors (Lipinski definition) is 3. The second kappa shape index (κ2) is 3.30. The summed E-state index contributed by atoms with van der Waals surface area (Å²) in [6.45, 7) is 0.462. The minimum Gasteiger partial charge on any atom is -0.367 e. The highest BCUT2D eigenvalue weighted by molar-refractivity contribution is 4.75. The molecular formula is C6H14N2O2. The Morgan fingerprint density at radius 2 is 2.20 bits per heavy atom. The molecular weight excluding hydrogens is 132 g/mol. The van der Waals surface area contributed by atoms with Crippen molar-refractivity contribution in [2.45, 2.75) is 31.3 Å². The summed E-state index contributed by atoms with van der Waals surface area (Å²) in [7, 11) is 0. The van der Waals surface area contributed by atoms with Crippen molar-refractivity contribution < 1.29 is 9.84 Å². The molecule has 1 aliphatic heterocycles. The van der Waals surface area contributed by atoms with Crippen molar-refractivity contribution in [2.75, 3.05) is 6.54 Å². The summed E-state index contributed by atoms with van der Waals surface area (Å²) in [6, 6.07) is -0.234. The maximum atomic E-state index is 9.08. The van der Waals surface area contributed by atoms with E-state index in [1.165, 1.54) is 0 Å². The Morgan fingerprint density at radius 1 is 1.50 bits per heavy atom. The lowest BCUT2D eigenvalue weighted by atomic mass is 10.0. The fourth-order valence-corrected chi connectivity index (χ4v) is 1.06. The van der Waals surface area contributed by atoms with E-state index in [1.807, 2.05) is 0 Å².